The number of amides is 2. The van der Waals surface area contributed by atoms with Gasteiger partial charge in [0.2, 0.25) is 11.8 Å². The molecule has 2 heterocycles. The average Bonchev–Trinajstić information content (AvgIpc) is 2.86. The number of carbonyl (C=O) groups excluding carboxylic acids is 2. The Kier molecular flexibility index (Phi) is 4.64. The van der Waals surface area contributed by atoms with Crippen LogP contribution in [0, 0.1) is 5.41 Å². The van der Waals surface area contributed by atoms with Gasteiger partial charge in [-0.25, -0.2) is 4.79 Å². The zero-order valence-corrected chi connectivity index (χ0v) is 15.9. The second-order valence-electron chi connectivity index (χ2n) is 7.84. The van der Waals surface area contributed by atoms with Crippen LogP contribution in [-0.2, 0) is 23.2 Å². The quantitative estimate of drug-likeness (QED) is 0.806. The van der Waals surface area contributed by atoms with Crippen LogP contribution in [0.1, 0.15) is 20.8 Å². The molecule has 0 bridgehead atoms. The molecule has 0 unspecified atom stereocenters. The summed E-state index contributed by atoms with van der Waals surface area (Å²) in [6.07, 6.45) is 0. The molecule has 1 saturated heterocycles. The van der Waals surface area contributed by atoms with Crippen LogP contribution in [0.2, 0.25) is 0 Å². The number of hydrogen-bond acceptors (Lipinski definition) is 3. The Labute approximate surface area is 152 Å². The van der Waals surface area contributed by atoms with E-state index in [4.69, 9.17) is 0 Å². The summed E-state index contributed by atoms with van der Waals surface area (Å²) in [6, 6.07) is 7.46. The third kappa shape index (κ3) is 3.25. The Morgan fingerprint density at radius 3 is 2.08 bits per heavy atom. The molecule has 1 aliphatic heterocycles. The molecule has 0 atom stereocenters. The van der Waals surface area contributed by atoms with E-state index in [-0.39, 0.29) is 24.0 Å². The van der Waals surface area contributed by atoms with Crippen LogP contribution >= 0.6 is 0 Å². The van der Waals surface area contributed by atoms with Crippen molar-refractivity contribution in [3.63, 3.8) is 0 Å². The van der Waals surface area contributed by atoms with Crippen molar-refractivity contribution in [3.8, 4) is 0 Å². The molecule has 0 radical (unpaired) electrons. The zero-order chi connectivity index (χ0) is 19.1. The van der Waals surface area contributed by atoms with E-state index in [0.29, 0.717) is 26.2 Å². The van der Waals surface area contributed by atoms with Crippen molar-refractivity contribution in [2.75, 3.05) is 26.2 Å². The van der Waals surface area contributed by atoms with Crippen molar-refractivity contribution in [2.45, 2.75) is 27.3 Å². The van der Waals surface area contributed by atoms with Crippen molar-refractivity contribution in [1.29, 1.82) is 0 Å². The smallest absolute Gasteiger partial charge is 0.329 e. The van der Waals surface area contributed by atoms with E-state index in [9.17, 15) is 14.4 Å². The predicted molar refractivity (Wildman–Crippen MR) is 99.8 cm³/mol. The fourth-order valence-corrected chi connectivity index (χ4v) is 3.38. The minimum Gasteiger partial charge on any atom is -0.339 e. The van der Waals surface area contributed by atoms with Gasteiger partial charge >= 0.3 is 5.69 Å². The summed E-state index contributed by atoms with van der Waals surface area (Å²) in [5, 5.41) is 0. The molecule has 2 aromatic rings. The number of rotatable bonds is 2. The van der Waals surface area contributed by atoms with Crippen molar-refractivity contribution in [1.82, 2.24) is 18.9 Å². The van der Waals surface area contributed by atoms with Gasteiger partial charge < -0.3 is 9.80 Å². The summed E-state index contributed by atoms with van der Waals surface area (Å²) in [5.74, 6) is 0.0150. The highest BCUT2D eigenvalue weighted by Gasteiger charge is 2.31. The lowest BCUT2D eigenvalue weighted by atomic mass is 9.94. The topological polar surface area (TPSA) is 67.6 Å². The first-order chi connectivity index (χ1) is 12.2. The lowest BCUT2D eigenvalue weighted by Gasteiger charge is -2.37. The Morgan fingerprint density at radius 2 is 1.50 bits per heavy atom. The fourth-order valence-electron chi connectivity index (χ4n) is 3.38. The molecule has 7 heteroatoms. The first-order valence-electron chi connectivity index (χ1n) is 8.91. The molecule has 0 saturated carbocycles. The minimum atomic E-state index is -0.414. The third-order valence-electron chi connectivity index (χ3n) is 4.91. The van der Waals surface area contributed by atoms with Gasteiger partial charge in [0.1, 0.15) is 6.54 Å². The average molecular weight is 358 g/mol. The number of aromatic nitrogens is 2. The monoisotopic (exact) mass is 358 g/mol. The van der Waals surface area contributed by atoms with E-state index in [2.05, 4.69) is 0 Å². The number of aryl methyl sites for hydroxylation is 1. The maximum atomic E-state index is 12.7. The van der Waals surface area contributed by atoms with Gasteiger partial charge in [-0.15, -0.1) is 0 Å². The van der Waals surface area contributed by atoms with Gasteiger partial charge in [0, 0.05) is 38.6 Å². The molecule has 26 heavy (non-hydrogen) atoms. The van der Waals surface area contributed by atoms with E-state index in [0.717, 1.165) is 11.0 Å². The second-order valence-corrected chi connectivity index (χ2v) is 7.84. The first-order valence-corrected chi connectivity index (χ1v) is 8.91. The molecule has 1 aromatic carbocycles. The van der Waals surface area contributed by atoms with E-state index in [1.54, 1.807) is 16.5 Å². The normalized spacial score (nSPS) is 15.5. The van der Waals surface area contributed by atoms with Crippen molar-refractivity contribution in [3.05, 3.63) is 34.7 Å². The van der Waals surface area contributed by atoms with Crippen molar-refractivity contribution in [2.24, 2.45) is 12.5 Å². The summed E-state index contributed by atoms with van der Waals surface area (Å²) in [4.78, 5) is 41.1. The van der Waals surface area contributed by atoms with Crippen LogP contribution in [0.15, 0.2) is 29.1 Å². The van der Waals surface area contributed by atoms with Crippen LogP contribution in [0.3, 0.4) is 0 Å². The lowest BCUT2D eigenvalue weighted by Crippen LogP contribution is -2.53. The molecule has 1 fully saturated rings. The summed E-state index contributed by atoms with van der Waals surface area (Å²) < 4.78 is 3.08. The maximum absolute atomic E-state index is 12.7. The number of fused-ring (bicyclic) bond motifs is 1. The molecule has 3 rings (SSSR count). The Bertz CT molecular complexity index is 896. The summed E-state index contributed by atoms with van der Waals surface area (Å²) in [7, 11) is 1.71. The SMILES string of the molecule is Cn1c(=O)n(CC(=O)N2CCN(C(=O)C(C)(C)C)CC2)c2ccccc21. The highest BCUT2D eigenvalue weighted by Crippen LogP contribution is 2.19. The van der Waals surface area contributed by atoms with E-state index >= 15 is 0 Å². The first kappa shape index (κ1) is 18.2. The highest BCUT2D eigenvalue weighted by molar-refractivity contribution is 5.83. The maximum Gasteiger partial charge on any atom is 0.329 e. The van der Waals surface area contributed by atoms with Crippen LogP contribution in [0.5, 0.6) is 0 Å². The van der Waals surface area contributed by atoms with Gasteiger partial charge in [-0.05, 0) is 12.1 Å². The number of carbonyl (C=O) groups is 2. The van der Waals surface area contributed by atoms with Crippen LogP contribution in [0.25, 0.3) is 11.0 Å². The molecule has 0 N–H and O–H groups in total. The summed E-state index contributed by atoms with van der Waals surface area (Å²) >= 11 is 0. The van der Waals surface area contributed by atoms with Gasteiger partial charge in [-0.1, -0.05) is 32.9 Å². The van der Waals surface area contributed by atoms with Crippen LogP contribution in [-0.4, -0.2) is 56.9 Å². The Hall–Kier alpha value is -2.57. The highest BCUT2D eigenvalue weighted by atomic mass is 16.2. The molecule has 0 aliphatic carbocycles. The molecule has 7 nitrogen and oxygen atoms in total. The van der Waals surface area contributed by atoms with E-state index in [1.165, 1.54) is 4.57 Å². The van der Waals surface area contributed by atoms with E-state index < -0.39 is 5.41 Å². The number of para-hydroxylation sites is 2. The van der Waals surface area contributed by atoms with Gasteiger partial charge in [0.25, 0.3) is 0 Å². The molecule has 0 spiro atoms. The second kappa shape index (κ2) is 6.63. The van der Waals surface area contributed by atoms with Crippen LogP contribution in [0.4, 0.5) is 0 Å². The number of nitrogens with zero attached hydrogens (tertiary/aromatic N) is 4. The summed E-state index contributed by atoms with van der Waals surface area (Å²) in [5.41, 5.74) is 0.963. The van der Waals surface area contributed by atoms with Crippen LogP contribution < -0.4 is 5.69 Å². The van der Waals surface area contributed by atoms with Gasteiger partial charge in [0.05, 0.1) is 11.0 Å². The molecular weight excluding hydrogens is 332 g/mol. The number of benzene rings is 1. The number of piperazine rings is 1. The molecule has 2 amide bonds. The molecule has 1 aliphatic rings. The van der Waals surface area contributed by atoms with Gasteiger partial charge in [-0.2, -0.15) is 0 Å². The fraction of sp³-hybridized carbons (Fsp3) is 0.526. The largest absolute Gasteiger partial charge is 0.339 e. The standard InChI is InChI=1S/C19H26N4O3/c1-19(2,3)17(25)22-11-9-21(10-12-22)16(24)13-23-15-8-6-5-7-14(15)20(4)18(23)26/h5-8H,9-13H2,1-4H3. The number of imidazole rings is 1. The van der Waals surface area contributed by atoms with E-state index in [1.807, 2.05) is 49.9 Å². The van der Waals surface area contributed by atoms with Gasteiger partial charge in [-0.3, -0.25) is 18.7 Å². The predicted octanol–water partition coefficient (Wildman–Crippen LogP) is 1.06. The van der Waals surface area contributed by atoms with Crippen molar-refractivity contribution >= 4 is 22.8 Å². The van der Waals surface area contributed by atoms with Gasteiger partial charge in [0.15, 0.2) is 0 Å². The number of hydrogen-bond donors (Lipinski definition) is 0. The summed E-state index contributed by atoms with van der Waals surface area (Å²) in [6.45, 7) is 7.80. The zero-order valence-electron chi connectivity index (χ0n) is 15.9. The molecular formula is C19H26N4O3. The molecule has 140 valence electrons. The minimum absolute atomic E-state index is 0.0212. The lowest BCUT2D eigenvalue weighted by molar-refractivity contribution is -0.145. The Balaban J connectivity index is 1.70. The Morgan fingerprint density at radius 1 is 0.962 bits per heavy atom. The molecule has 1 aromatic heterocycles. The van der Waals surface area contributed by atoms with Crippen molar-refractivity contribution < 1.29 is 9.59 Å². The third-order valence-corrected chi connectivity index (χ3v) is 4.91.